The number of hydrogen-bond acceptors (Lipinski definition) is 5. The zero-order valence-corrected chi connectivity index (χ0v) is 14.4. The Morgan fingerprint density at radius 2 is 2.27 bits per heavy atom. The minimum atomic E-state index is -0.499. The number of nitrogens with one attached hydrogen (secondary N) is 2. The number of esters is 1. The third-order valence-corrected chi connectivity index (χ3v) is 4.53. The highest BCUT2D eigenvalue weighted by atomic mass is 35.5. The normalized spacial score (nSPS) is 17.3. The van der Waals surface area contributed by atoms with Crippen LogP contribution in [-0.4, -0.2) is 43.1 Å². The molecule has 2 N–H and O–H groups in total. The van der Waals surface area contributed by atoms with E-state index < -0.39 is 5.97 Å². The molecule has 1 fully saturated rings. The number of carbonyl (C=O) groups excluding carboxylic acids is 2. The molecule has 0 saturated carbocycles. The van der Waals surface area contributed by atoms with E-state index in [1.165, 1.54) is 7.11 Å². The Hall–Kier alpha value is -0.950. The van der Waals surface area contributed by atoms with Gasteiger partial charge in [0.15, 0.2) is 0 Å². The molecule has 1 atom stereocenters. The van der Waals surface area contributed by atoms with E-state index in [4.69, 9.17) is 11.6 Å². The number of methoxy groups -OCH3 is 1. The third kappa shape index (κ3) is 5.35. The van der Waals surface area contributed by atoms with Gasteiger partial charge in [-0.2, -0.15) is 11.8 Å². The number of halogens is 2. The number of amides is 1. The minimum Gasteiger partial charge on any atom is -0.465 e. The lowest BCUT2D eigenvalue weighted by Crippen LogP contribution is -2.39. The zero-order valence-electron chi connectivity index (χ0n) is 12.1. The Morgan fingerprint density at radius 1 is 1.50 bits per heavy atom. The summed E-state index contributed by atoms with van der Waals surface area (Å²) in [7, 11) is 1.30. The molecule has 2 rings (SSSR count). The third-order valence-electron chi connectivity index (χ3n) is 3.09. The zero-order chi connectivity index (χ0) is 15.2. The molecule has 0 radical (unpaired) electrons. The van der Waals surface area contributed by atoms with Crippen molar-refractivity contribution < 1.29 is 14.3 Å². The van der Waals surface area contributed by atoms with Crippen LogP contribution in [0.1, 0.15) is 16.8 Å². The lowest BCUT2D eigenvalue weighted by molar-refractivity contribution is -0.116. The van der Waals surface area contributed by atoms with Crippen LogP contribution < -0.4 is 10.6 Å². The number of ether oxygens (including phenoxy) is 1. The van der Waals surface area contributed by atoms with Gasteiger partial charge < -0.3 is 15.4 Å². The van der Waals surface area contributed by atoms with Crippen LogP contribution >= 0.6 is 35.8 Å². The van der Waals surface area contributed by atoms with Gasteiger partial charge in [0, 0.05) is 36.2 Å². The van der Waals surface area contributed by atoms with Gasteiger partial charge in [0.2, 0.25) is 5.91 Å². The number of hydrogen-bond donors (Lipinski definition) is 2. The van der Waals surface area contributed by atoms with Crippen LogP contribution in [0.3, 0.4) is 0 Å². The SMILES string of the molecule is COC(=O)c1ccc(NC(=O)CC2CSCCN2)cc1Cl.Cl. The lowest BCUT2D eigenvalue weighted by Gasteiger charge is -2.22. The van der Waals surface area contributed by atoms with E-state index in [1.54, 1.807) is 18.2 Å². The van der Waals surface area contributed by atoms with Crippen molar-refractivity contribution in [3.8, 4) is 0 Å². The molecule has 22 heavy (non-hydrogen) atoms. The lowest BCUT2D eigenvalue weighted by atomic mass is 10.2. The predicted octanol–water partition coefficient (Wildman–Crippen LogP) is 2.58. The molecule has 5 nitrogen and oxygen atoms in total. The molecule has 1 heterocycles. The van der Waals surface area contributed by atoms with Gasteiger partial charge in [-0.25, -0.2) is 4.79 Å². The van der Waals surface area contributed by atoms with Crippen molar-refractivity contribution in [1.29, 1.82) is 0 Å². The van der Waals surface area contributed by atoms with Gasteiger partial charge in [0.1, 0.15) is 0 Å². The van der Waals surface area contributed by atoms with E-state index in [0.717, 1.165) is 18.1 Å². The van der Waals surface area contributed by atoms with Gasteiger partial charge in [-0.3, -0.25) is 4.79 Å². The van der Waals surface area contributed by atoms with Crippen LogP contribution in [0, 0.1) is 0 Å². The fraction of sp³-hybridized carbons (Fsp3) is 0.429. The van der Waals surface area contributed by atoms with Crippen LogP contribution in [0.2, 0.25) is 5.02 Å². The minimum absolute atomic E-state index is 0. The van der Waals surface area contributed by atoms with E-state index in [9.17, 15) is 9.59 Å². The first kappa shape index (κ1) is 19.1. The van der Waals surface area contributed by atoms with E-state index in [1.807, 2.05) is 11.8 Å². The van der Waals surface area contributed by atoms with Gasteiger partial charge in [0.05, 0.1) is 17.7 Å². The molecule has 0 aliphatic carbocycles. The maximum Gasteiger partial charge on any atom is 0.339 e. The first-order chi connectivity index (χ1) is 10.1. The number of carbonyl (C=O) groups is 2. The summed E-state index contributed by atoms with van der Waals surface area (Å²) in [4.78, 5) is 23.4. The Kier molecular flexibility index (Phi) is 8.03. The summed E-state index contributed by atoms with van der Waals surface area (Å²) < 4.78 is 4.62. The van der Waals surface area contributed by atoms with Crippen molar-refractivity contribution in [2.24, 2.45) is 0 Å². The number of benzene rings is 1. The Bertz CT molecular complexity index is 537. The molecule has 1 unspecified atom stereocenters. The molecule has 122 valence electrons. The van der Waals surface area contributed by atoms with E-state index in [0.29, 0.717) is 12.1 Å². The van der Waals surface area contributed by atoms with Gasteiger partial charge in [-0.1, -0.05) is 11.6 Å². The number of rotatable bonds is 4. The summed E-state index contributed by atoms with van der Waals surface area (Å²) in [6, 6.07) is 4.93. The van der Waals surface area contributed by atoms with Crippen molar-refractivity contribution in [1.82, 2.24) is 5.32 Å². The smallest absolute Gasteiger partial charge is 0.339 e. The number of anilines is 1. The Morgan fingerprint density at radius 3 is 2.86 bits per heavy atom. The number of thioether (sulfide) groups is 1. The van der Waals surface area contributed by atoms with Crippen LogP contribution in [0.4, 0.5) is 5.69 Å². The second-order valence-electron chi connectivity index (χ2n) is 4.66. The second kappa shape index (κ2) is 9.25. The molecule has 1 aromatic rings. The van der Waals surface area contributed by atoms with Gasteiger partial charge in [-0.15, -0.1) is 12.4 Å². The summed E-state index contributed by atoms with van der Waals surface area (Å²) in [6.07, 6.45) is 0.420. The fourth-order valence-corrected chi connectivity index (χ4v) is 3.26. The Labute approximate surface area is 144 Å². The average Bonchev–Trinajstić information content (AvgIpc) is 2.47. The van der Waals surface area contributed by atoms with Gasteiger partial charge in [-0.05, 0) is 18.2 Å². The highest BCUT2D eigenvalue weighted by Crippen LogP contribution is 2.22. The molecule has 8 heteroatoms. The molecule has 1 aliphatic rings. The van der Waals surface area contributed by atoms with Crippen LogP contribution in [0.5, 0.6) is 0 Å². The topological polar surface area (TPSA) is 67.4 Å². The predicted molar refractivity (Wildman–Crippen MR) is 92.4 cm³/mol. The van der Waals surface area contributed by atoms with Crippen molar-refractivity contribution in [2.45, 2.75) is 12.5 Å². The summed E-state index contributed by atoms with van der Waals surface area (Å²) >= 11 is 7.86. The van der Waals surface area contributed by atoms with Gasteiger partial charge >= 0.3 is 5.97 Å². The molecule has 1 aliphatic heterocycles. The van der Waals surface area contributed by atoms with E-state index >= 15 is 0 Å². The monoisotopic (exact) mass is 364 g/mol. The fourth-order valence-electron chi connectivity index (χ4n) is 2.06. The molecule has 0 aromatic heterocycles. The molecular weight excluding hydrogens is 347 g/mol. The summed E-state index contributed by atoms with van der Waals surface area (Å²) in [5.74, 6) is 1.45. The van der Waals surface area contributed by atoms with E-state index in [2.05, 4.69) is 15.4 Å². The van der Waals surface area contributed by atoms with Crippen molar-refractivity contribution in [2.75, 3.05) is 30.5 Å². The highest BCUT2D eigenvalue weighted by Gasteiger charge is 2.17. The first-order valence-electron chi connectivity index (χ1n) is 6.59. The molecule has 1 aromatic carbocycles. The quantitative estimate of drug-likeness (QED) is 0.803. The van der Waals surface area contributed by atoms with E-state index in [-0.39, 0.29) is 34.9 Å². The maximum absolute atomic E-state index is 12.0. The van der Waals surface area contributed by atoms with Crippen LogP contribution in [-0.2, 0) is 9.53 Å². The van der Waals surface area contributed by atoms with Crippen LogP contribution in [0.25, 0.3) is 0 Å². The highest BCUT2D eigenvalue weighted by molar-refractivity contribution is 7.99. The Balaban J connectivity index is 0.00000242. The summed E-state index contributed by atoms with van der Waals surface area (Å²) in [5.41, 5.74) is 0.851. The average molecular weight is 365 g/mol. The molecule has 1 amide bonds. The molecular formula is C14H18Cl2N2O3S. The molecule has 0 bridgehead atoms. The van der Waals surface area contributed by atoms with Crippen LogP contribution in [0.15, 0.2) is 18.2 Å². The van der Waals surface area contributed by atoms with Crippen molar-refractivity contribution >= 4 is 53.3 Å². The molecule has 0 spiro atoms. The first-order valence-corrected chi connectivity index (χ1v) is 8.12. The summed E-state index contributed by atoms with van der Waals surface area (Å²) in [6.45, 7) is 0.933. The van der Waals surface area contributed by atoms with Crippen molar-refractivity contribution in [3.05, 3.63) is 28.8 Å². The maximum atomic E-state index is 12.0. The largest absolute Gasteiger partial charge is 0.465 e. The van der Waals surface area contributed by atoms with Gasteiger partial charge in [0.25, 0.3) is 0 Å². The second-order valence-corrected chi connectivity index (χ2v) is 6.22. The summed E-state index contributed by atoms with van der Waals surface area (Å²) in [5, 5.41) is 6.35. The van der Waals surface area contributed by atoms with Crippen molar-refractivity contribution in [3.63, 3.8) is 0 Å². The standard InChI is InChI=1S/C14H17ClN2O3S.ClH/c1-20-14(19)11-3-2-9(6-12(11)15)17-13(18)7-10-8-21-5-4-16-10;/h2-3,6,10,16H,4-5,7-8H2,1H3,(H,17,18);1H. The molecule has 1 saturated heterocycles.